The minimum absolute atomic E-state index is 0.0811. The number of nitrogens with zero attached hydrogens (tertiary/aromatic N) is 3. The molecular formula is C23H25N3O2. The van der Waals surface area contributed by atoms with Crippen molar-refractivity contribution >= 4 is 10.9 Å². The third kappa shape index (κ3) is 2.97. The first kappa shape index (κ1) is 18.3. The van der Waals surface area contributed by atoms with Crippen LogP contribution in [0.25, 0.3) is 22.0 Å². The van der Waals surface area contributed by atoms with Gasteiger partial charge in [-0.25, -0.2) is 0 Å². The highest BCUT2D eigenvalue weighted by atomic mass is 16.5. The molecule has 4 rings (SSSR count). The topological polar surface area (TPSA) is 49.1 Å². The second-order valence-electron chi connectivity index (χ2n) is 7.21. The molecule has 3 aromatic rings. The smallest absolute Gasteiger partial charge is 0.254 e. The van der Waals surface area contributed by atoms with Crippen LogP contribution in [0.3, 0.4) is 0 Å². The second-order valence-corrected chi connectivity index (χ2v) is 7.21. The molecule has 0 bridgehead atoms. The van der Waals surface area contributed by atoms with E-state index in [1.165, 1.54) is 0 Å². The fourth-order valence-corrected chi connectivity index (χ4v) is 3.87. The molecule has 1 aliphatic carbocycles. The van der Waals surface area contributed by atoms with E-state index in [-0.39, 0.29) is 11.1 Å². The monoisotopic (exact) mass is 375 g/mol. The van der Waals surface area contributed by atoms with Gasteiger partial charge in [0.25, 0.3) is 5.56 Å². The summed E-state index contributed by atoms with van der Waals surface area (Å²) in [6, 6.07) is 7.85. The Kier molecular flexibility index (Phi) is 4.67. The minimum Gasteiger partial charge on any atom is -0.493 e. The van der Waals surface area contributed by atoms with Crippen molar-refractivity contribution in [1.29, 1.82) is 0 Å². The summed E-state index contributed by atoms with van der Waals surface area (Å²) in [5.74, 6) is 0.613. The summed E-state index contributed by atoms with van der Waals surface area (Å²) in [4.78, 5) is 12.1. The Labute approximate surface area is 164 Å². The molecule has 1 aliphatic rings. The molecule has 0 spiro atoms. The van der Waals surface area contributed by atoms with Gasteiger partial charge in [-0.1, -0.05) is 43.4 Å². The van der Waals surface area contributed by atoms with Gasteiger partial charge in [-0.15, -0.1) is 0 Å². The lowest BCUT2D eigenvalue weighted by Gasteiger charge is -2.31. The molecule has 5 heteroatoms. The maximum Gasteiger partial charge on any atom is 0.254 e. The Morgan fingerprint density at radius 1 is 1.21 bits per heavy atom. The van der Waals surface area contributed by atoms with Gasteiger partial charge in [0.2, 0.25) is 0 Å². The van der Waals surface area contributed by atoms with Crippen LogP contribution in [-0.4, -0.2) is 21.0 Å². The van der Waals surface area contributed by atoms with Crippen molar-refractivity contribution in [2.75, 3.05) is 6.61 Å². The first-order valence-electron chi connectivity index (χ1n) is 9.74. The van der Waals surface area contributed by atoms with Gasteiger partial charge in [0.1, 0.15) is 5.75 Å². The SMILES string of the molecule is CCOc1cc(=O)n(C)cc1-c1ccc2cnn([C@@]3(CC)C=CC=CC3)c2c1. The van der Waals surface area contributed by atoms with Gasteiger partial charge >= 0.3 is 0 Å². The normalized spacial score (nSPS) is 18.7. The van der Waals surface area contributed by atoms with Crippen molar-refractivity contribution in [2.24, 2.45) is 7.05 Å². The van der Waals surface area contributed by atoms with Crippen LogP contribution in [-0.2, 0) is 12.6 Å². The Morgan fingerprint density at radius 3 is 2.79 bits per heavy atom. The lowest BCUT2D eigenvalue weighted by molar-refractivity contribution is 0.333. The summed E-state index contributed by atoms with van der Waals surface area (Å²) >= 11 is 0. The summed E-state index contributed by atoms with van der Waals surface area (Å²) in [5, 5.41) is 5.83. The zero-order chi connectivity index (χ0) is 19.7. The number of fused-ring (bicyclic) bond motifs is 1. The molecular weight excluding hydrogens is 350 g/mol. The number of aryl methyl sites for hydroxylation is 1. The zero-order valence-electron chi connectivity index (χ0n) is 16.6. The van der Waals surface area contributed by atoms with Crippen LogP contribution in [0.4, 0.5) is 0 Å². The molecule has 0 radical (unpaired) electrons. The van der Waals surface area contributed by atoms with Crippen molar-refractivity contribution < 1.29 is 4.74 Å². The molecule has 144 valence electrons. The van der Waals surface area contributed by atoms with Crippen molar-refractivity contribution in [3.63, 3.8) is 0 Å². The average Bonchev–Trinajstić information content (AvgIpc) is 3.15. The maximum atomic E-state index is 12.1. The number of hydrogen-bond acceptors (Lipinski definition) is 3. The second kappa shape index (κ2) is 7.15. The van der Waals surface area contributed by atoms with E-state index >= 15 is 0 Å². The predicted octanol–water partition coefficient (Wildman–Crippen LogP) is 4.42. The van der Waals surface area contributed by atoms with E-state index in [4.69, 9.17) is 9.84 Å². The summed E-state index contributed by atoms with van der Waals surface area (Å²) in [5.41, 5.74) is 2.76. The first-order valence-corrected chi connectivity index (χ1v) is 9.74. The number of aromatic nitrogens is 3. The molecule has 0 saturated heterocycles. The summed E-state index contributed by atoms with van der Waals surface area (Å²) in [6.45, 7) is 4.63. The maximum absolute atomic E-state index is 12.1. The standard InChI is InChI=1S/C23H25N3O2/c1-4-23(11-7-6-8-12-23)26-20-13-17(9-10-18(20)15-24-26)19-16-25(3)22(27)14-21(19)28-5-2/h6-11,13-16H,4-5,12H2,1-3H3/t23-/m0/s1. The molecule has 0 unspecified atom stereocenters. The molecule has 1 atom stereocenters. The fourth-order valence-electron chi connectivity index (χ4n) is 3.87. The summed E-state index contributed by atoms with van der Waals surface area (Å²) in [6.07, 6.45) is 14.3. The number of rotatable bonds is 5. The molecule has 0 amide bonds. The molecule has 0 aliphatic heterocycles. The fraction of sp³-hybridized carbons (Fsp3) is 0.304. The number of allylic oxidation sites excluding steroid dienone is 4. The van der Waals surface area contributed by atoms with E-state index in [1.807, 2.05) is 19.3 Å². The lowest BCUT2D eigenvalue weighted by atomic mass is 9.88. The number of ether oxygens (including phenoxy) is 1. The molecule has 28 heavy (non-hydrogen) atoms. The Hall–Kier alpha value is -3.08. The number of hydrogen-bond donors (Lipinski definition) is 0. The first-order chi connectivity index (χ1) is 13.6. The van der Waals surface area contributed by atoms with Gasteiger partial charge in [0, 0.05) is 30.3 Å². The van der Waals surface area contributed by atoms with E-state index in [9.17, 15) is 4.79 Å². The highest BCUT2D eigenvalue weighted by molar-refractivity contribution is 5.85. The third-order valence-corrected chi connectivity index (χ3v) is 5.53. The van der Waals surface area contributed by atoms with Crippen molar-refractivity contribution in [1.82, 2.24) is 14.3 Å². The Morgan fingerprint density at radius 2 is 2.07 bits per heavy atom. The molecule has 0 fully saturated rings. The largest absolute Gasteiger partial charge is 0.493 e. The quantitative estimate of drug-likeness (QED) is 0.663. The van der Waals surface area contributed by atoms with Crippen LogP contribution >= 0.6 is 0 Å². The molecule has 0 N–H and O–H groups in total. The number of benzene rings is 1. The van der Waals surface area contributed by atoms with Crippen LogP contribution in [0.5, 0.6) is 5.75 Å². The van der Waals surface area contributed by atoms with E-state index in [0.29, 0.717) is 12.4 Å². The van der Waals surface area contributed by atoms with Gasteiger partial charge in [-0.05, 0) is 31.4 Å². The van der Waals surface area contributed by atoms with Gasteiger partial charge in [-0.2, -0.15) is 5.10 Å². The van der Waals surface area contributed by atoms with E-state index in [1.54, 1.807) is 17.7 Å². The van der Waals surface area contributed by atoms with Crippen LogP contribution in [0, 0.1) is 0 Å². The van der Waals surface area contributed by atoms with Gasteiger partial charge in [0.15, 0.2) is 0 Å². The average molecular weight is 375 g/mol. The molecule has 0 saturated carbocycles. The highest BCUT2D eigenvalue weighted by Gasteiger charge is 2.29. The lowest BCUT2D eigenvalue weighted by Crippen LogP contribution is -2.32. The highest BCUT2D eigenvalue weighted by Crippen LogP contribution is 2.36. The van der Waals surface area contributed by atoms with E-state index in [2.05, 4.69) is 54.1 Å². The van der Waals surface area contributed by atoms with Gasteiger partial charge < -0.3 is 9.30 Å². The van der Waals surface area contributed by atoms with Crippen molar-refractivity contribution in [2.45, 2.75) is 32.2 Å². The third-order valence-electron chi connectivity index (χ3n) is 5.53. The summed E-state index contributed by atoms with van der Waals surface area (Å²) in [7, 11) is 1.76. The Balaban J connectivity index is 1.90. The van der Waals surface area contributed by atoms with Crippen LogP contribution < -0.4 is 10.3 Å². The van der Waals surface area contributed by atoms with E-state index in [0.717, 1.165) is 34.9 Å². The predicted molar refractivity (Wildman–Crippen MR) is 113 cm³/mol. The minimum atomic E-state index is -0.151. The number of pyridine rings is 1. The van der Waals surface area contributed by atoms with Gasteiger partial charge in [0.05, 0.1) is 23.9 Å². The summed E-state index contributed by atoms with van der Waals surface area (Å²) < 4.78 is 9.47. The Bertz CT molecular complexity index is 1140. The van der Waals surface area contributed by atoms with Crippen molar-refractivity contribution in [3.05, 3.63) is 71.3 Å². The zero-order valence-corrected chi connectivity index (χ0v) is 16.6. The molecule has 1 aromatic carbocycles. The van der Waals surface area contributed by atoms with Crippen molar-refractivity contribution in [3.8, 4) is 16.9 Å². The van der Waals surface area contributed by atoms with Crippen LogP contribution in [0.2, 0.25) is 0 Å². The van der Waals surface area contributed by atoms with Gasteiger partial charge in [-0.3, -0.25) is 9.48 Å². The molecule has 5 nitrogen and oxygen atoms in total. The van der Waals surface area contributed by atoms with Crippen LogP contribution in [0.1, 0.15) is 26.7 Å². The van der Waals surface area contributed by atoms with Crippen LogP contribution in [0.15, 0.2) is 65.8 Å². The molecule has 2 heterocycles. The molecule has 2 aromatic heterocycles. The van der Waals surface area contributed by atoms with E-state index < -0.39 is 0 Å².